The first-order chi connectivity index (χ1) is 10.2. The zero-order chi connectivity index (χ0) is 16.5. The Morgan fingerprint density at radius 1 is 1.27 bits per heavy atom. The van der Waals surface area contributed by atoms with Crippen LogP contribution in [0.5, 0.6) is 5.75 Å². The van der Waals surface area contributed by atoms with Crippen molar-refractivity contribution < 1.29 is 21.6 Å². The van der Waals surface area contributed by atoms with Crippen LogP contribution in [0.1, 0.15) is 6.92 Å². The van der Waals surface area contributed by atoms with E-state index in [4.69, 9.17) is 4.74 Å². The lowest BCUT2D eigenvalue weighted by Gasteiger charge is -2.31. The van der Waals surface area contributed by atoms with E-state index in [0.29, 0.717) is 19.6 Å². The van der Waals surface area contributed by atoms with E-state index < -0.39 is 19.9 Å². The minimum absolute atomic E-state index is 0.0348. The van der Waals surface area contributed by atoms with Gasteiger partial charge in [0.25, 0.3) is 0 Å². The molecule has 0 spiro atoms. The Balaban J connectivity index is 2.53. The molecule has 0 aliphatic carbocycles. The summed E-state index contributed by atoms with van der Waals surface area (Å²) in [4.78, 5) is -0.165. The zero-order valence-electron chi connectivity index (χ0n) is 12.7. The number of sulfonamides is 1. The van der Waals surface area contributed by atoms with E-state index in [1.165, 1.54) is 23.5 Å². The fraction of sp³-hybridized carbons (Fsp3) is 0.538. The van der Waals surface area contributed by atoms with Crippen molar-refractivity contribution in [2.75, 3.05) is 33.0 Å². The fourth-order valence-corrected chi connectivity index (χ4v) is 4.78. The smallest absolute Gasteiger partial charge is 0.246 e. The van der Waals surface area contributed by atoms with E-state index in [2.05, 4.69) is 5.32 Å². The number of hydrogen-bond acceptors (Lipinski definition) is 6. The number of nitrogens with zero attached hydrogens (tertiary/aromatic N) is 1. The second-order valence-electron chi connectivity index (χ2n) is 5.30. The average Bonchev–Trinajstić information content (AvgIpc) is 2.45. The van der Waals surface area contributed by atoms with Crippen LogP contribution in [0.4, 0.5) is 0 Å². The van der Waals surface area contributed by atoms with Crippen molar-refractivity contribution in [2.24, 2.45) is 0 Å². The Morgan fingerprint density at radius 3 is 2.50 bits per heavy atom. The quantitative estimate of drug-likeness (QED) is 0.828. The summed E-state index contributed by atoms with van der Waals surface area (Å²) in [7, 11) is -5.96. The Kier molecular flexibility index (Phi) is 4.81. The molecule has 1 aromatic carbocycles. The molecule has 7 nitrogen and oxygen atoms in total. The molecule has 1 heterocycles. The molecule has 0 unspecified atom stereocenters. The van der Waals surface area contributed by atoms with Crippen molar-refractivity contribution in [3.8, 4) is 5.75 Å². The molecule has 1 N–H and O–H groups in total. The Hall–Kier alpha value is -1.16. The lowest BCUT2D eigenvalue weighted by molar-refractivity contribution is 0.308. The molecule has 2 rings (SSSR count). The van der Waals surface area contributed by atoms with Gasteiger partial charge in [0, 0.05) is 31.9 Å². The van der Waals surface area contributed by atoms with Crippen molar-refractivity contribution in [1.82, 2.24) is 9.62 Å². The van der Waals surface area contributed by atoms with Crippen LogP contribution in [0.3, 0.4) is 0 Å². The summed E-state index contributed by atoms with van der Waals surface area (Å²) < 4.78 is 55.4. The van der Waals surface area contributed by atoms with Gasteiger partial charge in [0.15, 0.2) is 9.84 Å². The first-order valence-electron chi connectivity index (χ1n) is 6.78. The highest BCUT2D eigenvalue weighted by molar-refractivity contribution is 7.91. The van der Waals surface area contributed by atoms with Crippen LogP contribution >= 0.6 is 0 Å². The van der Waals surface area contributed by atoms with Crippen LogP contribution in [-0.2, 0) is 19.9 Å². The van der Waals surface area contributed by atoms with Gasteiger partial charge in [-0.05, 0) is 25.1 Å². The van der Waals surface area contributed by atoms with Crippen LogP contribution in [0.25, 0.3) is 0 Å². The van der Waals surface area contributed by atoms with Gasteiger partial charge in [-0.2, -0.15) is 4.31 Å². The number of ether oxygens (including phenoxy) is 1. The Morgan fingerprint density at radius 2 is 1.95 bits per heavy atom. The van der Waals surface area contributed by atoms with Crippen molar-refractivity contribution in [3.05, 3.63) is 18.2 Å². The normalized spacial score (nSPS) is 20.8. The van der Waals surface area contributed by atoms with E-state index in [0.717, 1.165) is 12.3 Å². The number of nitrogens with one attached hydrogen (secondary N) is 1. The molecule has 0 aromatic heterocycles. The van der Waals surface area contributed by atoms with E-state index in [1.54, 1.807) is 0 Å². The largest absolute Gasteiger partial charge is 0.495 e. The predicted molar refractivity (Wildman–Crippen MR) is 82.3 cm³/mol. The standard InChI is InChI=1S/C13H20N2O5S2/c1-10-9-15(7-6-14-10)22(18,19)13-8-11(21(3,16)17)4-5-12(13)20-2/h4-5,8,10,14H,6-7,9H2,1-3H3/t10-/m0/s1. The summed E-state index contributed by atoms with van der Waals surface area (Å²) in [5.74, 6) is 0.138. The van der Waals surface area contributed by atoms with E-state index >= 15 is 0 Å². The maximum atomic E-state index is 12.8. The molecular weight excluding hydrogens is 328 g/mol. The highest BCUT2D eigenvalue weighted by Gasteiger charge is 2.31. The van der Waals surface area contributed by atoms with Gasteiger partial charge < -0.3 is 10.1 Å². The molecular formula is C13H20N2O5S2. The molecule has 1 aromatic rings. The Labute approximate surface area is 131 Å². The first kappa shape index (κ1) is 17.2. The van der Waals surface area contributed by atoms with Crippen LogP contribution in [0.15, 0.2) is 28.0 Å². The Bertz CT molecular complexity index is 759. The molecule has 1 fully saturated rings. The van der Waals surface area contributed by atoms with Gasteiger partial charge in [-0.3, -0.25) is 0 Å². The first-order valence-corrected chi connectivity index (χ1v) is 10.1. The van der Waals surface area contributed by atoms with Gasteiger partial charge >= 0.3 is 0 Å². The van der Waals surface area contributed by atoms with Gasteiger partial charge in [-0.25, -0.2) is 16.8 Å². The maximum absolute atomic E-state index is 12.8. The van der Waals surface area contributed by atoms with Gasteiger partial charge in [0.1, 0.15) is 10.6 Å². The SMILES string of the molecule is COc1ccc(S(C)(=O)=O)cc1S(=O)(=O)N1CCN[C@@H](C)C1. The van der Waals surface area contributed by atoms with Crippen molar-refractivity contribution in [2.45, 2.75) is 22.8 Å². The van der Waals surface area contributed by atoms with Crippen LogP contribution in [0, 0.1) is 0 Å². The number of benzene rings is 1. The predicted octanol–water partition coefficient (Wildman–Crippen LogP) is 0.0811. The number of methoxy groups -OCH3 is 1. The van der Waals surface area contributed by atoms with Crippen molar-refractivity contribution in [3.63, 3.8) is 0 Å². The summed E-state index contributed by atoms with van der Waals surface area (Å²) in [6.07, 6.45) is 1.04. The van der Waals surface area contributed by atoms with Crippen LogP contribution in [-0.4, -0.2) is 60.2 Å². The molecule has 1 aliphatic rings. The topological polar surface area (TPSA) is 92.8 Å². The molecule has 1 atom stereocenters. The summed E-state index contributed by atoms with van der Waals surface area (Å²) in [6, 6.07) is 3.91. The summed E-state index contributed by atoms with van der Waals surface area (Å²) in [5, 5.41) is 3.17. The number of hydrogen-bond donors (Lipinski definition) is 1. The van der Waals surface area contributed by atoms with E-state index in [9.17, 15) is 16.8 Å². The third-order valence-corrected chi connectivity index (χ3v) is 6.51. The van der Waals surface area contributed by atoms with Crippen LogP contribution in [0.2, 0.25) is 0 Å². The molecule has 1 aliphatic heterocycles. The van der Waals surface area contributed by atoms with Gasteiger partial charge in [0.2, 0.25) is 10.0 Å². The molecule has 124 valence electrons. The van der Waals surface area contributed by atoms with E-state index in [-0.39, 0.29) is 21.6 Å². The maximum Gasteiger partial charge on any atom is 0.246 e. The summed E-state index contributed by atoms with van der Waals surface area (Å²) in [5.41, 5.74) is 0. The minimum atomic E-state index is -3.82. The molecule has 22 heavy (non-hydrogen) atoms. The highest BCUT2D eigenvalue weighted by atomic mass is 32.2. The number of rotatable bonds is 4. The minimum Gasteiger partial charge on any atom is -0.495 e. The lowest BCUT2D eigenvalue weighted by atomic mass is 10.3. The summed E-state index contributed by atoms with van der Waals surface area (Å²) >= 11 is 0. The monoisotopic (exact) mass is 348 g/mol. The zero-order valence-corrected chi connectivity index (χ0v) is 14.4. The van der Waals surface area contributed by atoms with Gasteiger partial charge in [-0.15, -0.1) is 0 Å². The van der Waals surface area contributed by atoms with Gasteiger partial charge in [-0.1, -0.05) is 0 Å². The molecule has 0 amide bonds. The molecule has 9 heteroatoms. The number of sulfone groups is 1. The molecule has 0 radical (unpaired) electrons. The third kappa shape index (κ3) is 3.43. The van der Waals surface area contributed by atoms with E-state index in [1.807, 2.05) is 6.92 Å². The average molecular weight is 348 g/mol. The molecule has 1 saturated heterocycles. The third-order valence-electron chi connectivity index (χ3n) is 3.51. The van der Waals surface area contributed by atoms with Crippen LogP contribution < -0.4 is 10.1 Å². The summed E-state index contributed by atoms with van der Waals surface area (Å²) in [6.45, 7) is 3.10. The number of piperazine rings is 1. The van der Waals surface area contributed by atoms with Crippen molar-refractivity contribution >= 4 is 19.9 Å². The van der Waals surface area contributed by atoms with Gasteiger partial charge in [0.05, 0.1) is 12.0 Å². The molecule has 0 saturated carbocycles. The second-order valence-corrected chi connectivity index (χ2v) is 9.23. The molecule has 0 bridgehead atoms. The fourth-order valence-electron chi connectivity index (χ4n) is 2.34. The second kappa shape index (κ2) is 6.15. The highest BCUT2D eigenvalue weighted by Crippen LogP contribution is 2.29. The van der Waals surface area contributed by atoms with Crippen molar-refractivity contribution in [1.29, 1.82) is 0 Å². The lowest BCUT2D eigenvalue weighted by Crippen LogP contribution is -2.51.